The quantitative estimate of drug-likeness (QED) is 0.391. The summed E-state index contributed by atoms with van der Waals surface area (Å²) >= 11 is 1.62. The molecule has 0 unspecified atom stereocenters. The van der Waals surface area contributed by atoms with Crippen LogP contribution in [0.1, 0.15) is 39.0 Å². The van der Waals surface area contributed by atoms with E-state index in [0.29, 0.717) is 25.1 Å². The van der Waals surface area contributed by atoms with Gasteiger partial charge in [0.1, 0.15) is 6.04 Å². The highest BCUT2D eigenvalue weighted by atomic mass is 32.2. The molecule has 0 aliphatic carbocycles. The average Bonchev–Trinajstić information content (AvgIpc) is 2.42. The monoisotopic (exact) mass is 305 g/mol. The molecular formula is C13H27N3O3S. The van der Waals surface area contributed by atoms with Crippen molar-refractivity contribution in [2.75, 3.05) is 18.1 Å². The molecule has 20 heavy (non-hydrogen) atoms. The molecule has 6 nitrogen and oxygen atoms in total. The smallest absolute Gasteiger partial charge is 0.326 e. The van der Waals surface area contributed by atoms with Crippen LogP contribution >= 0.6 is 11.8 Å². The minimum atomic E-state index is -1.03. The molecule has 0 aliphatic heterocycles. The Kier molecular flexibility index (Phi) is 11.5. The van der Waals surface area contributed by atoms with Crippen molar-refractivity contribution >= 4 is 23.6 Å². The van der Waals surface area contributed by atoms with Crippen LogP contribution in [0.25, 0.3) is 0 Å². The summed E-state index contributed by atoms with van der Waals surface area (Å²) in [5.41, 5.74) is 11.1. The third-order valence-corrected chi connectivity index (χ3v) is 4.01. The first-order chi connectivity index (χ1) is 9.52. The third kappa shape index (κ3) is 9.17. The number of unbranched alkanes of at least 4 members (excludes halogenated alkanes) is 2. The number of nitrogens with two attached hydrogens (primary N) is 2. The number of hydrogen-bond acceptors (Lipinski definition) is 5. The van der Waals surface area contributed by atoms with Gasteiger partial charge in [-0.2, -0.15) is 11.8 Å². The van der Waals surface area contributed by atoms with Gasteiger partial charge in [-0.25, -0.2) is 4.79 Å². The second kappa shape index (κ2) is 12.0. The van der Waals surface area contributed by atoms with E-state index in [4.69, 9.17) is 16.6 Å². The molecule has 0 rings (SSSR count). The van der Waals surface area contributed by atoms with Crippen molar-refractivity contribution in [3.05, 3.63) is 0 Å². The number of amides is 1. The molecule has 0 aromatic rings. The van der Waals surface area contributed by atoms with Gasteiger partial charge >= 0.3 is 5.97 Å². The van der Waals surface area contributed by atoms with Gasteiger partial charge in [-0.3, -0.25) is 4.79 Å². The number of hydrogen-bond donors (Lipinski definition) is 4. The fraction of sp³-hybridized carbons (Fsp3) is 0.846. The molecule has 0 saturated heterocycles. The van der Waals surface area contributed by atoms with Gasteiger partial charge in [0.05, 0.1) is 6.04 Å². The largest absolute Gasteiger partial charge is 0.480 e. The number of carbonyl (C=O) groups excluding carboxylic acids is 1. The Balaban J connectivity index is 4.06. The summed E-state index contributed by atoms with van der Waals surface area (Å²) in [6.07, 6.45) is 4.01. The van der Waals surface area contributed by atoms with Crippen LogP contribution < -0.4 is 16.8 Å². The van der Waals surface area contributed by atoms with Gasteiger partial charge in [0.25, 0.3) is 0 Å². The topological polar surface area (TPSA) is 118 Å². The average molecular weight is 305 g/mol. The third-order valence-electron chi connectivity index (χ3n) is 2.84. The van der Waals surface area contributed by atoms with E-state index in [9.17, 15) is 9.59 Å². The second-order valence-electron chi connectivity index (χ2n) is 4.72. The zero-order valence-corrected chi connectivity index (χ0v) is 13.0. The molecule has 0 aromatic carbocycles. The Morgan fingerprint density at radius 2 is 2.00 bits per heavy atom. The van der Waals surface area contributed by atoms with Crippen LogP contribution in [0, 0.1) is 0 Å². The Morgan fingerprint density at radius 1 is 1.30 bits per heavy atom. The second-order valence-corrected chi connectivity index (χ2v) is 5.87. The summed E-state index contributed by atoms with van der Waals surface area (Å²) in [5, 5.41) is 11.6. The molecule has 6 N–H and O–H groups in total. The summed E-state index contributed by atoms with van der Waals surface area (Å²) < 4.78 is 0. The van der Waals surface area contributed by atoms with Gasteiger partial charge in [0.2, 0.25) is 5.91 Å². The molecule has 7 heteroatoms. The summed E-state index contributed by atoms with van der Waals surface area (Å²) in [7, 11) is 0. The Labute approximate surface area is 125 Å². The lowest BCUT2D eigenvalue weighted by molar-refractivity contribution is -0.142. The van der Waals surface area contributed by atoms with Gasteiger partial charge in [-0.05, 0) is 38.0 Å². The minimum absolute atomic E-state index is 0.383. The maximum Gasteiger partial charge on any atom is 0.326 e. The van der Waals surface area contributed by atoms with Gasteiger partial charge < -0.3 is 21.9 Å². The lowest BCUT2D eigenvalue weighted by Crippen LogP contribution is -2.49. The molecule has 0 aromatic heterocycles. The van der Waals surface area contributed by atoms with Crippen LogP contribution in [0.4, 0.5) is 0 Å². The molecule has 0 bridgehead atoms. The van der Waals surface area contributed by atoms with Crippen molar-refractivity contribution in [3.63, 3.8) is 0 Å². The number of aliphatic carboxylic acids is 1. The van der Waals surface area contributed by atoms with Crippen LogP contribution in [0.15, 0.2) is 0 Å². The summed E-state index contributed by atoms with van der Waals surface area (Å²) in [6.45, 7) is 2.62. The number of rotatable bonds is 12. The van der Waals surface area contributed by atoms with E-state index in [0.717, 1.165) is 25.0 Å². The Morgan fingerprint density at radius 3 is 2.55 bits per heavy atom. The normalized spacial score (nSPS) is 13.8. The van der Waals surface area contributed by atoms with E-state index in [1.54, 1.807) is 11.8 Å². The number of thioether (sulfide) groups is 1. The molecule has 0 aliphatic rings. The zero-order chi connectivity index (χ0) is 15.4. The summed E-state index contributed by atoms with van der Waals surface area (Å²) in [6, 6.07) is -1.53. The first-order valence-corrected chi connectivity index (χ1v) is 8.25. The molecule has 118 valence electrons. The fourth-order valence-corrected chi connectivity index (χ4v) is 2.63. The number of carboxylic acid groups (broad SMARTS) is 1. The summed E-state index contributed by atoms with van der Waals surface area (Å²) in [4.78, 5) is 22.9. The van der Waals surface area contributed by atoms with E-state index in [-0.39, 0.29) is 0 Å². The maximum absolute atomic E-state index is 11.8. The van der Waals surface area contributed by atoms with E-state index < -0.39 is 24.0 Å². The highest BCUT2D eigenvalue weighted by Gasteiger charge is 2.22. The van der Waals surface area contributed by atoms with Crippen molar-refractivity contribution in [1.29, 1.82) is 0 Å². The number of carboxylic acids is 1. The molecule has 0 heterocycles. The molecule has 2 atom stereocenters. The van der Waals surface area contributed by atoms with Crippen molar-refractivity contribution in [3.8, 4) is 0 Å². The van der Waals surface area contributed by atoms with Gasteiger partial charge in [-0.15, -0.1) is 0 Å². The van der Waals surface area contributed by atoms with Crippen LogP contribution in [0.5, 0.6) is 0 Å². The van der Waals surface area contributed by atoms with Gasteiger partial charge in [0, 0.05) is 5.75 Å². The summed E-state index contributed by atoms with van der Waals surface area (Å²) in [5.74, 6) is 0.0625. The van der Waals surface area contributed by atoms with E-state index in [2.05, 4.69) is 12.2 Å². The molecule has 0 fully saturated rings. The number of nitrogens with one attached hydrogen (secondary N) is 1. The predicted octanol–water partition coefficient (Wildman–Crippen LogP) is 0.545. The van der Waals surface area contributed by atoms with Gasteiger partial charge in [0.15, 0.2) is 0 Å². The SMILES string of the molecule is CCCCSC[C@@H](N)C(=O)N[C@@H](CCCCN)C(=O)O. The molecule has 1 amide bonds. The number of carbonyl (C=O) groups is 2. The molecule has 0 saturated carbocycles. The first-order valence-electron chi connectivity index (χ1n) is 7.09. The Hall–Kier alpha value is -0.790. The fourth-order valence-electron chi connectivity index (χ4n) is 1.56. The maximum atomic E-state index is 11.8. The van der Waals surface area contributed by atoms with Crippen molar-refractivity contribution in [2.45, 2.75) is 51.1 Å². The highest BCUT2D eigenvalue weighted by Crippen LogP contribution is 2.06. The lowest BCUT2D eigenvalue weighted by atomic mass is 10.1. The van der Waals surface area contributed by atoms with Gasteiger partial charge in [-0.1, -0.05) is 13.3 Å². The first kappa shape index (κ1) is 19.2. The van der Waals surface area contributed by atoms with Crippen molar-refractivity contribution < 1.29 is 14.7 Å². The minimum Gasteiger partial charge on any atom is -0.480 e. The molecular weight excluding hydrogens is 278 g/mol. The van der Waals surface area contributed by atoms with Crippen LogP contribution in [0.3, 0.4) is 0 Å². The van der Waals surface area contributed by atoms with Crippen molar-refractivity contribution in [1.82, 2.24) is 5.32 Å². The predicted molar refractivity (Wildman–Crippen MR) is 82.7 cm³/mol. The van der Waals surface area contributed by atoms with Crippen LogP contribution in [-0.2, 0) is 9.59 Å². The Bertz CT molecular complexity index is 290. The standard InChI is InChI=1S/C13H27N3O3S/c1-2-3-8-20-9-10(15)12(17)16-11(13(18)19)6-4-5-7-14/h10-11H,2-9,14-15H2,1H3,(H,16,17)(H,18,19)/t10-,11+/m1/s1. The molecule has 0 spiro atoms. The van der Waals surface area contributed by atoms with Crippen LogP contribution in [0.2, 0.25) is 0 Å². The zero-order valence-electron chi connectivity index (χ0n) is 12.1. The van der Waals surface area contributed by atoms with E-state index in [1.165, 1.54) is 0 Å². The van der Waals surface area contributed by atoms with E-state index >= 15 is 0 Å². The van der Waals surface area contributed by atoms with Crippen LogP contribution in [-0.4, -0.2) is 47.1 Å². The highest BCUT2D eigenvalue weighted by molar-refractivity contribution is 7.99. The molecule has 0 radical (unpaired) electrons. The van der Waals surface area contributed by atoms with Crippen molar-refractivity contribution in [2.24, 2.45) is 11.5 Å². The van der Waals surface area contributed by atoms with E-state index in [1.807, 2.05) is 0 Å². The lowest BCUT2D eigenvalue weighted by Gasteiger charge is -2.17.